The zero-order valence-corrected chi connectivity index (χ0v) is 17.7. The highest BCUT2D eigenvalue weighted by atomic mass is 32.1. The molecule has 1 amide bonds. The van der Waals surface area contributed by atoms with Gasteiger partial charge >= 0.3 is 0 Å². The standard InChI is InChI=1S/C21H35N3OS/c1-5-6-9-19-14-24(12-11-23(19)13-18(15-26)22-4)21(25)20-10-7-8-16(2)17(20)3/h7-8,10,18-19,22,26H,5-6,9,11-15H2,1-4H3/t18-,19+/m1/s1. The first-order valence-corrected chi connectivity index (χ1v) is 10.5. The molecule has 0 bridgehead atoms. The number of hydrogen-bond acceptors (Lipinski definition) is 4. The summed E-state index contributed by atoms with van der Waals surface area (Å²) in [6.45, 7) is 9.93. The number of nitrogens with zero attached hydrogens (tertiary/aromatic N) is 2. The van der Waals surface area contributed by atoms with Gasteiger partial charge in [-0.1, -0.05) is 31.9 Å². The van der Waals surface area contributed by atoms with Crippen LogP contribution in [0.15, 0.2) is 18.2 Å². The van der Waals surface area contributed by atoms with Gasteiger partial charge in [0, 0.05) is 49.6 Å². The molecule has 146 valence electrons. The van der Waals surface area contributed by atoms with Crippen LogP contribution in [-0.2, 0) is 0 Å². The molecule has 1 N–H and O–H groups in total. The molecule has 1 heterocycles. The molecule has 0 radical (unpaired) electrons. The number of benzene rings is 1. The Balaban J connectivity index is 2.10. The number of nitrogens with one attached hydrogen (secondary N) is 1. The minimum Gasteiger partial charge on any atom is -0.336 e. The average molecular weight is 378 g/mol. The minimum atomic E-state index is 0.187. The van der Waals surface area contributed by atoms with Crippen molar-refractivity contribution in [3.63, 3.8) is 0 Å². The number of rotatable bonds is 8. The van der Waals surface area contributed by atoms with E-state index in [1.807, 2.05) is 19.2 Å². The zero-order valence-electron chi connectivity index (χ0n) is 16.8. The monoisotopic (exact) mass is 377 g/mol. The fourth-order valence-electron chi connectivity index (χ4n) is 3.71. The second-order valence-corrected chi connectivity index (χ2v) is 7.82. The summed E-state index contributed by atoms with van der Waals surface area (Å²) >= 11 is 4.46. The molecule has 1 aromatic carbocycles. The van der Waals surface area contributed by atoms with E-state index in [4.69, 9.17) is 0 Å². The number of carbonyl (C=O) groups excluding carboxylic acids is 1. The minimum absolute atomic E-state index is 0.187. The lowest BCUT2D eigenvalue weighted by Gasteiger charge is -2.43. The van der Waals surface area contributed by atoms with Gasteiger partial charge in [0.25, 0.3) is 5.91 Å². The molecule has 1 saturated heterocycles. The van der Waals surface area contributed by atoms with Gasteiger partial charge in [0.1, 0.15) is 0 Å². The number of carbonyl (C=O) groups is 1. The highest BCUT2D eigenvalue weighted by Crippen LogP contribution is 2.20. The lowest BCUT2D eigenvalue weighted by atomic mass is 10.00. The Morgan fingerprint density at radius 3 is 2.77 bits per heavy atom. The SMILES string of the molecule is CCCC[C@H]1CN(C(=O)c2cccc(C)c2C)CCN1C[C@H](CS)NC. The molecule has 4 nitrogen and oxygen atoms in total. The van der Waals surface area contributed by atoms with Crippen LogP contribution in [0.25, 0.3) is 0 Å². The third-order valence-corrected chi connectivity index (χ3v) is 6.14. The van der Waals surface area contributed by atoms with Gasteiger partial charge < -0.3 is 10.2 Å². The van der Waals surface area contributed by atoms with Crippen LogP contribution in [0.5, 0.6) is 0 Å². The number of unbranched alkanes of at least 4 members (excludes halogenated alkanes) is 1. The maximum atomic E-state index is 13.1. The summed E-state index contributed by atoms with van der Waals surface area (Å²) in [5.74, 6) is 1.02. The average Bonchev–Trinajstić information content (AvgIpc) is 2.66. The Bertz CT molecular complexity index is 589. The van der Waals surface area contributed by atoms with Crippen LogP contribution in [-0.4, -0.2) is 66.8 Å². The van der Waals surface area contributed by atoms with Crippen molar-refractivity contribution in [3.05, 3.63) is 34.9 Å². The van der Waals surface area contributed by atoms with Crippen molar-refractivity contribution >= 4 is 18.5 Å². The second-order valence-electron chi connectivity index (χ2n) is 7.46. The van der Waals surface area contributed by atoms with E-state index in [-0.39, 0.29) is 5.91 Å². The summed E-state index contributed by atoms with van der Waals surface area (Å²) in [5.41, 5.74) is 3.15. The molecule has 0 unspecified atom stereocenters. The number of amides is 1. The Morgan fingerprint density at radius 2 is 2.12 bits per heavy atom. The smallest absolute Gasteiger partial charge is 0.254 e. The number of hydrogen-bond donors (Lipinski definition) is 2. The molecule has 5 heteroatoms. The molecule has 0 saturated carbocycles. The summed E-state index contributed by atoms with van der Waals surface area (Å²) in [6, 6.07) is 6.86. The van der Waals surface area contributed by atoms with Crippen molar-refractivity contribution in [3.8, 4) is 0 Å². The normalized spacial score (nSPS) is 19.6. The van der Waals surface area contributed by atoms with E-state index in [0.717, 1.165) is 49.5 Å². The van der Waals surface area contributed by atoms with E-state index < -0.39 is 0 Å². The fourth-order valence-corrected chi connectivity index (χ4v) is 4.01. The van der Waals surface area contributed by atoms with Crippen LogP contribution in [0.4, 0.5) is 0 Å². The number of thiol groups is 1. The fraction of sp³-hybridized carbons (Fsp3) is 0.667. The number of aryl methyl sites for hydroxylation is 1. The molecule has 2 atom stereocenters. The highest BCUT2D eigenvalue weighted by Gasteiger charge is 2.31. The molecule has 1 aliphatic rings. The lowest BCUT2D eigenvalue weighted by molar-refractivity contribution is 0.0438. The number of likely N-dealkylation sites (N-methyl/N-ethyl adjacent to an activating group) is 1. The van der Waals surface area contributed by atoms with Gasteiger partial charge in [-0.25, -0.2) is 0 Å². The third kappa shape index (κ3) is 5.24. The van der Waals surface area contributed by atoms with Crippen molar-refractivity contribution in [2.45, 2.75) is 52.1 Å². The quantitative estimate of drug-likeness (QED) is 0.683. The first-order chi connectivity index (χ1) is 12.5. The molecule has 1 aliphatic heterocycles. The van der Waals surface area contributed by atoms with Crippen LogP contribution < -0.4 is 5.32 Å². The van der Waals surface area contributed by atoms with Crippen LogP contribution in [0.1, 0.15) is 47.7 Å². The molecule has 0 aromatic heterocycles. The van der Waals surface area contributed by atoms with Gasteiger partial charge in [0.15, 0.2) is 0 Å². The van der Waals surface area contributed by atoms with Crippen LogP contribution in [0, 0.1) is 13.8 Å². The van der Waals surface area contributed by atoms with E-state index in [2.05, 4.69) is 54.6 Å². The van der Waals surface area contributed by atoms with E-state index in [0.29, 0.717) is 12.1 Å². The van der Waals surface area contributed by atoms with Crippen molar-refractivity contribution in [1.82, 2.24) is 15.1 Å². The van der Waals surface area contributed by atoms with Crippen LogP contribution in [0.3, 0.4) is 0 Å². The van der Waals surface area contributed by atoms with Gasteiger partial charge in [0.05, 0.1) is 0 Å². The van der Waals surface area contributed by atoms with E-state index in [1.54, 1.807) is 0 Å². The van der Waals surface area contributed by atoms with E-state index in [9.17, 15) is 4.79 Å². The summed E-state index contributed by atoms with van der Waals surface area (Å²) < 4.78 is 0. The summed E-state index contributed by atoms with van der Waals surface area (Å²) in [5, 5.41) is 3.35. The van der Waals surface area contributed by atoms with Gasteiger partial charge in [-0.2, -0.15) is 12.6 Å². The van der Waals surface area contributed by atoms with Gasteiger partial charge in [-0.15, -0.1) is 0 Å². The largest absolute Gasteiger partial charge is 0.336 e. The van der Waals surface area contributed by atoms with E-state index >= 15 is 0 Å². The number of piperazine rings is 1. The molecule has 1 aromatic rings. The molecular weight excluding hydrogens is 342 g/mol. The van der Waals surface area contributed by atoms with Gasteiger partial charge in [-0.05, 0) is 44.5 Å². The van der Waals surface area contributed by atoms with Crippen molar-refractivity contribution in [1.29, 1.82) is 0 Å². The zero-order chi connectivity index (χ0) is 19.1. The molecule has 1 fully saturated rings. The predicted octanol–water partition coefficient (Wildman–Crippen LogP) is 3.14. The summed E-state index contributed by atoms with van der Waals surface area (Å²) in [4.78, 5) is 17.7. The predicted molar refractivity (Wildman–Crippen MR) is 113 cm³/mol. The van der Waals surface area contributed by atoms with Crippen LogP contribution in [0.2, 0.25) is 0 Å². The Hall–Kier alpha value is -1.04. The molecule has 26 heavy (non-hydrogen) atoms. The Kier molecular flexibility index (Phi) is 8.45. The highest BCUT2D eigenvalue weighted by molar-refractivity contribution is 7.80. The first kappa shape index (κ1) is 21.3. The second kappa shape index (κ2) is 10.3. The summed E-state index contributed by atoms with van der Waals surface area (Å²) in [7, 11) is 2.00. The van der Waals surface area contributed by atoms with Crippen molar-refractivity contribution in [2.75, 3.05) is 39.0 Å². The molecule has 0 aliphatic carbocycles. The maximum absolute atomic E-state index is 13.1. The summed E-state index contributed by atoms with van der Waals surface area (Å²) in [6.07, 6.45) is 3.55. The Labute approximate surface area is 164 Å². The lowest BCUT2D eigenvalue weighted by Crippen LogP contribution is -2.57. The van der Waals surface area contributed by atoms with Gasteiger partial charge in [-0.3, -0.25) is 9.69 Å². The first-order valence-electron chi connectivity index (χ1n) is 9.89. The molecule has 2 rings (SSSR count). The third-order valence-electron chi connectivity index (χ3n) is 5.70. The molecular formula is C21H35N3OS. The van der Waals surface area contributed by atoms with E-state index in [1.165, 1.54) is 18.4 Å². The van der Waals surface area contributed by atoms with Crippen LogP contribution >= 0.6 is 12.6 Å². The molecule has 0 spiro atoms. The maximum Gasteiger partial charge on any atom is 0.254 e. The van der Waals surface area contributed by atoms with Crippen molar-refractivity contribution < 1.29 is 4.79 Å². The topological polar surface area (TPSA) is 35.6 Å². The van der Waals surface area contributed by atoms with Crippen molar-refractivity contribution in [2.24, 2.45) is 0 Å². The Morgan fingerprint density at radius 1 is 1.35 bits per heavy atom. The van der Waals surface area contributed by atoms with Gasteiger partial charge in [0.2, 0.25) is 0 Å².